The summed E-state index contributed by atoms with van der Waals surface area (Å²) in [6.45, 7) is 1.35. The molecule has 1 saturated heterocycles. The van der Waals surface area contributed by atoms with Crippen LogP contribution in [-0.2, 0) is 11.3 Å². The molecule has 1 fully saturated rings. The Morgan fingerprint density at radius 1 is 0.967 bits per heavy atom. The molecule has 3 aromatic carbocycles. The second-order valence-electron chi connectivity index (χ2n) is 7.53. The van der Waals surface area contributed by atoms with Gasteiger partial charge in [0.1, 0.15) is 5.82 Å². The Labute approximate surface area is 191 Å². The molecule has 1 aromatic heterocycles. The summed E-state index contributed by atoms with van der Waals surface area (Å²) in [6.07, 6.45) is 0.461. The Hall–Kier alpha value is -2.44. The van der Waals surface area contributed by atoms with Crippen LogP contribution in [0, 0.1) is 0 Å². The minimum Gasteiger partial charge on any atom is -0.323 e. The molecule has 5 rings (SSSR count). The van der Waals surface area contributed by atoms with Gasteiger partial charge >= 0.3 is 0 Å². The molecule has 1 unspecified atom stereocenters. The Morgan fingerprint density at radius 3 is 2.60 bits per heavy atom. The van der Waals surface area contributed by atoms with Crippen molar-refractivity contribution in [3.63, 3.8) is 0 Å². The van der Waals surface area contributed by atoms with E-state index in [0.29, 0.717) is 13.0 Å². The predicted octanol–water partition coefficient (Wildman–Crippen LogP) is 6.13. The zero-order valence-electron chi connectivity index (χ0n) is 16.1. The molecule has 150 valence electrons. The first kappa shape index (κ1) is 19.5. The van der Waals surface area contributed by atoms with Crippen LogP contribution in [0.4, 0.5) is 5.69 Å². The molecule has 0 saturated carbocycles. The number of halogens is 2. The maximum atomic E-state index is 12.9. The van der Waals surface area contributed by atoms with Crippen LogP contribution in [0.2, 0.25) is 0 Å². The standard InChI is InChI=1S/C24H19Br2N3O/c25-18-7-5-6-16(12-18)14-29-22-11-4-2-9-20(22)27-24(29)17-13-23(30)28(15-17)21-10-3-1-8-19(21)26/h1-12,17H,13-15H2. The zero-order chi connectivity index (χ0) is 20.7. The number of hydrogen-bond acceptors (Lipinski definition) is 2. The van der Waals surface area contributed by atoms with Gasteiger partial charge in [0.2, 0.25) is 5.91 Å². The van der Waals surface area contributed by atoms with Crippen LogP contribution in [0.25, 0.3) is 11.0 Å². The van der Waals surface area contributed by atoms with E-state index < -0.39 is 0 Å². The van der Waals surface area contributed by atoms with Crippen LogP contribution >= 0.6 is 31.9 Å². The third-order valence-corrected chi connectivity index (χ3v) is 6.71. The zero-order valence-corrected chi connectivity index (χ0v) is 19.3. The molecule has 4 nitrogen and oxygen atoms in total. The van der Waals surface area contributed by atoms with Crippen LogP contribution in [0.5, 0.6) is 0 Å². The SMILES string of the molecule is O=C1CC(c2nc3ccccc3n2Cc2cccc(Br)c2)CN1c1ccccc1Br. The first-order chi connectivity index (χ1) is 14.6. The van der Waals surface area contributed by atoms with Crippen molar-refractivity contribution in [2.45, 2.75) is 18.9 Å². The molecule has 0 bridgehead atoms. The summed E-state index contributed by atoms with van der Waals surface area (Å²) in [5.41, 5.74) is 4.17. The molecule has 1 aliphatic rings. The molecule has 1 amide bonds. The number of rotatable bonds is 4. The van der Waals surface area contributed by atoms with Crippen LogP contribution in [-0.4, -0.2) is 22.0 Å². The van der Waals surface area contributed by atoms with Crippen molar-refractivity contribution >= 4 is 54.5 Å². The topological polar surface area (TPSA) is 38.1 Å². The maximum Gasteiger partial charge on any atom is 0.227 e. The van der Waals surface area contributed by atoms with E-state index in [9.17, 15) is 4.79 Å². The fraction of sp³-hybridized carbons (Fsp3) is 0.167. The van der Waals surface area contributed by atoms with Gasteiger partial charge in [0.05, 0.1) is 16.7 Å². The Balaban J connectivity index is 1.54. The van der Waals surface area contributed by atoms with Crippen LogP contribution < -0.4 is 4.90 Å². The highest BCUT2D eigenvalue weighted by atomic mass is 79.9. The third-order valence-electron chi connectivity index (χ3n) is 5.55. The molecular formula is C24H19Br2N3O. The number of para-hydroxylation sites is 3. The van der Waals surface area contributed by atoms with Crippen molar-refractivity contribution in [3.8, 4) is 0 Å². The minimum atomic E-state index is 0.0455. The molecular weight excluding hydrogens is 506 g/mol. The highest BCUT2D eigenvalue weighted by molar-refractivity contribution is 9.10. The van der Waals surface area contributed by atoms with Gasteiger partial charge in [0.25, 0.3) is 0 Å². The van der Waals surface area contributed by atoms with Gasteiger partial charge in [0, 0.05) is 34.4 Å². The number of amides is 1. The number of benzene rings is 3. The van der Waals surface area contributed by atoms with Crippen molar-refractivity contribution < 1.29 is 4.79 Å². The summed E-state index contributed by atoms with van der Waals surface area (Å²) >= 11 is 7.15. The van der Waals surface area contributed by atoms with E-state index in [1.807, 2.05) is 59.5 Å². The van der Waals surface area contributed by atoms with Gasteiger partial charge < -0.3 is 9.47 Å². The first-order valence-corrected chi connectivity index (χ1v) is 11.4. The highest BCUT2D eigenvalue weighted by Crippen LogP contribution is 2.36. The number of fused-ring (bicyclic) bond motifs is 1. The lowest BCUT2D eigenvalue weighted by Crippen LogP contribution is -2.25. The molecule has 0 spiro atoms. The van der Waals surface area contributed by atoms with Crippen molar-refractivity contribution in [1.29, 1.82) is 0 Å². The Bertz CT molecular complexity index is 1250. The fourth-order valence-corrected chi connectivity index (χ4v) is 5.12. The van der Waals surface area contributed by atoms with Gasteiger partial charge in [-0.15, -0.1) is 0 Å². The summed E-state index contributed by atoms with van der Waals surface area (Å²) in [6, 6.07) is 24.4. The van der Waals surface area contributed by atoms with E-state index in [2.05, 4.69) is 54.6 Å². The fourth-order valence-electron chi connectivity index (χ4n) is 4.17. The summed E-state index contributed by atoms with van der Waals surface area (Å²) in [7, 11) is 0. The summed E-state index contributed by atoms with van der Waals surface area (Å²) < 4.78 is 4.25. The van der Waals surface area contributed by atoms with E-state index in [0.717, 1.165) is 38.0 Å². The summed E-state index contributed by atoms with van der Waals surface area (Å²) in [5.74, 6) is 1.15. The van der Waals surface area contributed by atoms with Gasteiger partial charge in [-0.1, -0.05) is 52.3 Å². The number of anilines is 1. The van der Waals surface area contributed by atoms with E-state index in [-0.39, 0.29) is 11.8 Å². The van der Waals surface area contributed by atoms with Gasteiger partial charge in [0.15, 0.2) is 0 Å². The average Bonchev–Trinajstić information content (AvgIpc) is 3.29. The Kier molecular flexibility index (Phi) is 5.21. The number of nitrogens with zero attached hydrogens (tertiary/aromatic N) is 3. The molecule has 30 heavy (non-hydrogen) atoms. The molecule has 1 aliphatic heterocycles. The summed E-state index contributed by atoms with van der Waals surface area (Å²) in [4.78, 5) is 19.7. The van der Waals surface area contributed by atoms with Crippen LogP contribution in [0.3, 0.4) is 0 Å². The van der Waals surface area contributed by atoms with E-state index >= 15 is 0 Å². The molecule has 6 heteroatoms. The number of imidazole rings is 1. The minimum absolute atomic E-state index is 0.0455. The van der Waals surface area contributed by atoms with Crippen LogP contribution in [0.1, 0.15) is 23.7 Å². The highest BCUT2D eigenvalue weighted by Gasteiger charge is 2.35. The van der Waals surface area contributed by atoms with E-state index in [4.69, 9.17) is 4.98 Å². The van der Waals surface area contributed by atoms with Crippen molar-refractivity contribution in [2.24, 2.45) is 0 Å². The van der Waals surface area contributed by atoms with Gasteiger partial charge in [-0.25, -0.2) is 4.98 Å². The molecule has 4 aromatic rings. The normalized spacial score (nSPS) is 16.5. The van der Waals surface area contributed by atoms with Gasteiger partial charge in [-0.05, 0) is 57.9 Å². The smallest absolute Gasteiger partial charge is 0.227 e. The predicted molar refractivity (Wildman–Crippen MR) is 127 cm³/mol. The molecule has 1 atom stereocenters. The summed E-state index contributed by atoms with van der Waals surface area (Å²) in [5, 5.41) is 0. The van der Waals surface area contributed by atoms with Crippen molar-refractivity contribution in [1.82, 2.24) is 9.55 Å². The van der Waals surface area contributed by atoms with E-state index in [1.165, 1.54) is 5.56 Å². The quantitative estimate of drug-likeness (QED) is 0.322. The monoisotopic (exact) mass is 523 g/mol. The average molecular weight is 525 g/mol. The number of aromatic nitrogens is 2. The van der Waals surface area contributed by atoms with Gasteiger partial charge in [-0.2, -0.15) is 0 Å². The lowest BCUT2D eigenvalue weighted by molar-refractivity contribution is -0.117. The molecule has 0 aliphatic carbocycles. The second kappa shape index (κ2) is 8.00. The molecule has 0 N–H and O–H groups in total. The largest absolute Gasteiger partial charge is 0.323 e. The second-order valence-corrected chi connectivity index (χ2v) is 9.30. The number of carbonyl (C=O) groups excluding carboxylic acids is 1. The third kappa shape index (κ3) is 3.59. The first-order valence-electron chi connectivity index (χ1n) is 9.84. The molecule has 0 radical (unpaired) electrons. The number of carbonyl (C=O) groups is 1. The number of hydrogen-bond donors (Lipinski definition) is 0. The lowest BCUT2D eigenvalue weighted by Gasteiger charge is -2.19. The molecule has 2 heterocycles. The van der Waals surface area contributed by atoms with Crippen LogP contribution in [0.15, 0.2) is 81.7 Å². The van der Waals surface area contributed by atoms with Crippen molar-refractivity contribution in [3.05, 3.63) is 93.1 Å². The maximum absolute atomic E-state index is 12.9. The Morgan fingerprint density at radius 2 is 1.77 bits per heavy atom. The lowest BCUT2D eigenvalue weighted by atomic mass is 10.1. The van der Waals surface area contributed by atoms with E-state index in [1.54, 1.807) is 0 Å². The van der Waals surface area contributed by atoms with Gasteiger partial charge in [-0.3, -0.25) is 4.79 Å². The van der Waals surface area contributed by atoms with Crippen molar-refractivity contribution in [2.75, 3.05) is 11.4 Å².